The lowest BCUT2D eigenvalue weighted by Gasteiger charge is -2.22. The number of anilines is 2. The number of aryl methyl sites for hydroxylation is 1. The molecule has 1 atom stereocenters. The molecule has 3 N–H and O–H groups in total. The van der Waals surface area contributed by atoms with E-state index in [0.29, 0.717) is 39.0 Å². The van der Waals surface area contributed by atoms with Crippen molar-refractivity contribution in [3.05, 3.63) is 76.7 Å². The Kier molecular flexibility index (Phi) is 8.01. The van der Waals surface area contributed by atoms with E-state index in [0.717, 1.165) is 16.5 Å². The SMILES string of the molecule is Cc1nc2ccc(-c3cnc(C(C)(C)O)nc3)cc2c(NC(C)c2cc(NC(=O)OC(C)(C)C)ccc2F)c1Cl. The summed E-state index contributed by atoms with van der Waals surface area (Å²) in [5.74, 6) is -0.121. The van der Waals surface area contributed by atoms with Crippen molar-refractivity contribution in [3.8, 4) is 11.1 Å². The lowest BCUT2D eigenvalue weighted by atomic mass is 10.0. The molecule has 210 valence electrons. The molecular formula is C30H33ClFN5O3. The lowest BCUT2D eigenvalue weighted by Crippen LogP contribution is -2.27. The predicted octanol–water partition coefficient (Wildman–Crippen LogP) is 7.54. The monoisotopic (exact) mass is 565 g/mol. The van der Waals surface area contributed by atoms with Crippen LogP contribution in [0.4, 0.5) is 20.6 Å². The van der Waals surface area contributed by atoms with Crippen molar-refractivity contribution in [3.63, 3.8) is 0 Å². The van der Waals surface area contributed by atoms with Gasteiger partial charge < -0.3 is 15.2 Å². The molecule has 2 aromatic carbocycles. The first-order chi connectivity index (χ1) is 18.6. The van der Waals surface area contributed by atoms with E-state index in [1.165, 1.54) is 12.1 Å². The minimum atomic E-state index is -1.15. The molecule has 4 aromatic rings. The van der Waals surface area contributed by atoms with E-state index < -0.39 is 29.2 Å². The number of hydrogen-bond donors (Lipinski definition) is 3. The van der Waals surface area contributed by atoms with Crippen molar-refractivity contribution >= 4 is 40.0 Å². The summed E-state index contributed by atoms with van der Waals surface area (Å²) in [6.07, 6.45) is 2.68. The van der Waals surface area contributed by atoms with Gasteiger partial charge in [0.2, 0.25) is 0 Å². The third kappa shape index (κ3) is 6.66. The summed E-state index contributed by atoms with van der Waals surface area (Å²) in [5.41, 5.74) is 2.40. The number of hydrogen-bond acceptors (Lipinski definition) is 7. The summed E-state index contributed by atoms with van der Waals surface area (Å²) < 4.78 is 20.3. The largest absolute Gasteiger partial charge is 0.444 e. The van der Waals surface area contributed by atoms with Gasteiger partial charge in [0.05, 0.1) is 28.0 Å². The van der Waals surface area contributed by atoms with Gasteiger partial charge in [0, 0.05) is 34.6 Å². The molecule has 40 heavy (non-hydrogen) atoms. The quantitative estimate of drug-likeness (QED) is 0.221. The van der Waals surface area contributed by atoms with E-state index >= 15 is 0 Å². The van der Waals surface area contributed by atoms with Gasteiger partial charge in [-0.05, 0) is 84.4 Å². The van der Waals surface area contributed by atoms with Crippen LogP contribution in [0.5, 0.6) is 0 Å². The van der Waals surface area contributed by atoms with Crippen molar-refractivity contribution in [2.75, 3.05) is 10.6 Å². The maximum Gasteiger partial charge on any atom is 0.412 e. The molecule has 0 aliphatic rings. The standard InChI is InChI=1S/C30H33ClFN5O3/c1-16(21-13-20(9-10-23(21)32)37-28(38)40-29(3,4)5)36-26-22-12-18(8-11-24(22)35-17(2)25(26)31)19-14-33-27(34-15-19)30(6,7)39/h8-16,39H,1-7H3,(H,35,36)(H,37,38). The Balaban J connectivity index is 1.68. The molecule has 1 unspecified atom stereocenters. The summed E-state index contributed by atoms with van der Waals surface area (Å²) in [6, 6.07) is 9.51. The first kappa shape index (κ1) is 29.2. The Morgan fingerprint density at radius 3 is 2.35 bits per heavy atom. The van der Waals surface area contributed by atoms with E-state index in [-0.39, 0.29) is 0 Å². The first-order valence-electron chi connectivity index (χ1n) is 12.8. The zero-order valence-electron chi connectivity index (χ0n) is 23.6. The minimum Gasteiger partial charge on any atom is -0.444 e. The number of aromatic nitrogens is 3. The molecule has 0 spiro atoms. The van der Waals surface area contributed by atoms with Crippen LogP contribution in [-0.2, 0) is 10.3 Å². The highest BCUT2D eigenvalue weighted by atomic mass is 35.5. The van der Waals surface area contributed by atoms with Gasteiger partial charge in [0.25, 0.3) is 0 Å². The van der Waals surface area contributed by atoms with Crippen molar-refractivity contribution in [2.45, 2.75) is 65.7 Å². The van der Waals surface area contributed by atoms with Gasteiger partial charge in [-0.25, -0.2) is 19.2 Å². The number of aliphatic hydroxyl groups is 1. The number of pyridine rings is 1. The highest BCUT2D eigenvalue weighted by Gasteiger charge is 2.21. The van der Waals surface area contributed by atoms with Crippen molar-refractivity contribution in [1.29, 1.82) is 0 Å². The number of benzene rings is 2. The fourth-order valence-electron chi connectivity index (χ4n) is 4.15. The number of amides is 1. The highest BCUT2D eigenvalue weighted by molar-refractivity contribution is 6.35. The molecule has 1 amide bonds. The summed E-state index contributed by atoms with van der Waals surface area (Å²) in [4.78, 5) is 25.5. The maximum atomic E-state index is 15.0. The zero-order chi connectivity index (χ0) is 29.4. The van der Waals surface area contributed by atoms with Crippen LogP contribution in [0.25, 0.3) is 22.0 Å². The number of halogens is 2. The Hall–Kier alpha value is -3.82. The van der Waals surface area contributed by atoms with Crippen LogP contribution in [0.15, 0.2) is 48.8 Å². The number of rotatable bonds is 6. The topological polar surface area (TPSA) is 109 Å². The van der Waals surface area contributed by atoms with E-state index in [9.17, 15) is 14.3 Å². The fraction of sp³-hybridized carbons (Fsp3) is 0.333. The Bertz CT molecular complexity index is 1560. The summed E-state index contributed by atoms with van der Waals surface area (Å²) in [7, 11) is 0. The van der Waals surface area contributed by atoms with Crippen molar-refractivity contribution in [2.24, 2.45) is 0 Å². The zero-order valence-corrected chi connectivity index (χ0v) is 24.3. The molecule has 0 saturated heterocycles. The number of carbonyl (C=O) groups is 1. The molecule has 8 nitrogen and oxygen atoms in total. The van der Waals surface area contributed by atoms with Crippen molar-refractivity contribution < 1.29 is 19.0 Å². The number of ether oxygens (including phenoxy) is 1. The lowest BCUT2D eigenvalue weighted by molar-refractivity contribution is 0.0635. The van der Waals surface area contributed by atoms with E-state index in [1.807, 2.05) is 18.2 Å². The smallest absolute Gasteiger partial charge is 0.412 e. The number of carbonyl (C=O) groups excluding carboxylic acids is 1. The van der Waals surface area contributed by atoms with E-state index in [4.69, 9.17) is 16.3 Å². The molecule has 0 saturated carbocycles. The summed E-state index contributed by atoms with van der Waals surface area (Å²) >= 11 is 6.73. The highest BCUT2D eigenvalue weighted by Crippen LogP contribution is 2.37. The van der Waals surface area contributed by atoms with Crippen LogP contribution < -0.4 is 10.6 Å². The number of nitrogens with one attached hydrogen (secondary N) is 2. The maximum absolute atomic E-state index is 15.0. The molecule has 2 aromatic heterocycles. The Labute approximate surface area is 238 Å². The Morgan fingerprint density at radius 1 is 1.05 bits per heavy atom. The molecule has 0 radical (unpaired) electrons. The van der Waals surface area contributed by atoms with Crippen LogP contribution in [-0.4, -0.2) is 31.8 Å². The number of fused-ring (bicyclic) bond motifs is 1. The Morgan fingerprint density at radius 2 is 1.73 bits per heavy atom. The predicted molar refractivity (Wildman–Crippen MR) is 156 cm³/mol. The molecule has 4 rings (SSSR count). The van der Waals surface area contributed by atoms with Gasteiger partial charge in [0.15, 0.2) is 5.82 Å². The van der Waals surface area contributed by atoms with Crippen LogP contribution in [0.1, 0.15) is 64.7 Å². The van der Waals surface area contributed by atoms with Gasteiger partial charge >= 0.3 is 6.09 Å². The van der Waals surface area contributed by atoms with E-state index in [1.54, 1.807) is 66.9 Å². The van der Waals surface area contributed by atoms with Crippen LogP contribution in [0.2, 0.25) is 5.02 Å². The second kappa shape index (κ2) is 11.0. The second-order valence-electron chi connectivity index (χ2n) is 11.2. The van der Waals surface area contributed by atoms with Crippen LogP contribution in [0, 0.1) is 12.7 Å². The normalized spacial score (nSPS) is 12.8. The van der Waals surface area contributed by atoms with Crippen LogP contribution >= 0.6 is 11.6 Å². The third-order valence-electron chi connectivity index (χ3n) is 6.09. The molecule has 0 fully saturated rings. The summed E-state index contributed by atoms with van der Waals surface area (Å²) in [5, 5.41) is 17.3. The molecule has 0 bridgehead atoms. The van der Waals surface area contributed by atoms with Gasteiger partial charge in [0.1, 0.15) is 17.0 Å². The first-order valence-corrected chi connectivity index (χ1v) is 13.2. The van der Waals surface area contributed by atoms with Gasteiger partial charge in [-0.2, -0.15) is 0 Å². The molecule has 2 heterocycles. The average Bonchev–Trinajstić information content (AvgIpc) is 2.86. The molecule has 0 aliphatic carbocycles. The van der Waals surface area contributed by atoms with Gasteiger partial charge in [-0.1, -0.05) is 17.7 Å². The van der Waals surface area contributed by atoms with Gasteiger partial charge in [-0.15, -0.1) is 0 Å². The molecule has 10 heteroatoms. The molecular weight excluding hydrogens is 533 g/mol. The minimum absolute atomic E-state index is 0.318. The third-order valence-corrected chi connectivity index (χ3v) is 6.55. The van der Waals surface area contributed by atoms with Gasteiger partial charge in [-0.3, -0.25) is 10.3 Å². The van der Waals surface area contributed by atoms with Crippen molar-refractivity contribution in [1.82, 2.24) is 15.0 Å². The average molecular weight is 566 g/mol. The molecule has 0 aliphatic heterocycles. The number of nitrogens with zero attached hydrogens (tertiary/aromatic N) is 3. The van der Waals surface area contributed by atoms with Crippen LogP contribution in [0.3, 0.4) is 0 Å². The van der Waals surface area contributed by atoms with E-state index in [2.05, 4.69) is 25.6 Å². The fourth-order valence-corrected chi connectivity index (χ4v) is 4.34. The summed E-state index contributed by atoms with van der Waals surface area (Å²) in [6.45, 7) is 12.2. The second-order valence-corrected chi connectivity index (χ2v) is 11.6.